The molecule has 0 aliphatic carbocycles. The van der Waals surface area contributed by atoms with Crippen LogP contribution in [0.25, 0.3) is 0 Å². The van der Waals surface area contributed by atoms with E-state index in [1.807, 2.05) is 4.68 Å². The third-order valence-electron chi connectivity index (χ3n) is 3.51. The van der Waals surface area contributed by atoms with E-state index in [9.17, 15) is 0 Å². The Hall–Kier alpha value is -0.900. The molecule has 0 aliphatic rings. The van der Waals surface area contributed by atoms with Crippen molar-refractivity contribution in [2.24, 2.45) is 5.73 Å². The van der Waals surface area contributed by atoms with E-state index in [-0.39, 0.29) is 6.04 Å². The van der Waals surface area contributed by atoms with Crippen LogP contribution >= 0.6 is 0 Å². The van der Waals surface area contributed by atoms with Gasteiger partial charge < -0.3 is 5.73 Å². The van der Waals surface area contributed by atoms with Gasteiger partial charge in [-0.3, -0.25) is 0 Å². The van der Waals surface area contributed by atoms with E-state index in [1.54, 1.807) is 6.33 Å². The lowest BCUT2D eigenvalue weighted by molar-refractivity contribution is 0.473. The van der Waals surface area contributed by atoms with Crippen LogP contribution in [0.15, 0.2) is 6.33 Å². The van der Waals surface area contributed by atoms with Gasteiger partial charge in [-0.1, -0.05) is 45.4 Å². The fourth-order valence-electron chi connectivity index (χ4n) is 2.37. The Morgan fingerprint density at radius 1 is 1.16 bits per heavy atom. The maximum atomic E-state index is 6.19. The summed E-state index contributed by atoms with van der Waals surface area (Å²) in [6.45, 7) is 6.50. The molecule has 0 radical (unpaired) electrons. The molecule has 0 bridgehead atoms. The molecule has 1 heterocycles. The third kappa shape index (κ3) is 6.19. The molecule has 1 rings (SSSR count). The van der Waals surface area contributed by atoms with Crippen LogP contribution in [0.5, 0.6) is 0 Å². The van der Waals surface area contributed by atoms with Crippen molar-refractivity contribution in [1.82, 2.24) is 14.8 Å². The fourth-order valence-corrected chi connectivity index (χ4v) is 2.37. The van der Waals surface area contributed by atoms with Gasteiger partial charge in [-0.05, 0) is 20.3 Å². The number of nitrogens with zero attached hydrogens (tertiary/aromatic N) is 3. The average Bonchev–Trinajstić information content (AvgIpc) is 2.81. The Labute approximate surface area is 117 Å². The number of unbranched alkanes of at least 4 members (excludes halogenated alkanes) is 5. The highest BCUT2D eigenvalue weighted by Gasteiger charge is 2.11. The molecule has 2 N–H and O–H groups in total. The van der Waals surface area contributed by atoms with Gasteiger partial charge in [0, 0.05) is 18.5 Å². The Bertz CT molecular complexity index is 333. The molecule has 1 unspecified atom stereocenters. The maximum Gasteiger partial charge on any atom is 0.138 e. The molecule has 0 saturated heterocycles. The summed E-state index contributed by atoms with van der Waals surface area (Å²) < 4.78 is 1.97. The molecular formula is C15H30N4. The van der Waals surface area contributed by atoms with Gasteiger partial charge in [0.25, 0.3) is 0 Å². The summed E-state index contributed by atoms with van der Waals surface area (Å²) in [5.74, 6) is 1.02. The topological polar surface area (TPSA) is 56.7 Å². The van der Waals surface area contributed by atoms with Crippen molar-refractivity contribution >= 4 is 0 Å². The second kappa shape index (κ2) is 9.08. The zero-order valence-electron chi connectivity index (χ0n) is 12.8. The van der Waals surface area contributed by atoms with Gasteiger partial charge >= 0.3 is 0 Å². The smallest absolute Gasteiger partial charge is 0.138 e. The molecule has 0 fully saturated rings. The number of hydrogen-bond acceptors (Lipinski definition) is 3. The van der Waals surface area contributed by atoms with Gasteiger partial charge in [-0.15, -0.1) is 0 Å². The van der Waals surface area contributed by atoms with Crippen molar-refractivity contribution < 1.29 is 0 Å². The maximum absolute atomic E-state index is 6.19. The Morgan fingerprint density at radius 3 is 2.53 bits per heavy atom. The van der Waals surface area contributed by atoms with Crippen molar-refractivity contribution in [3.05, 3.63) is 12.2 Å². The molecule has 1 atom stereocenters. The average molecular weight is 266 g/mol. The van der Waals surface area contributed by atoms with E-state index in [0.29, 0.717) is 6.04 Å². The number of aromatic nitrogens is 3. The standard InChI is InChI=1S/C15H30N4/c1-4-5-6-7-8-9-10-14(16)11-15-17-12-18-19(15)13(2)3/h12-14H,4-11,16H2,1-3H3. The molecule has 1 aromatic rings. The lowest BCUT2D eigenvalue weighted by Gasteiger charge is -2.13. The van der Waals surface area contributed by atoms with Crippen LogP contribution in [0.3, 0.4) is 0 Å². The van der Waals surface area contributed by atoms with Crippen LogP contribution in [0.1, 0.15) is 77.6 Å². The summed E-state index contributed by atoms with van der Waals surface area (Å²) >= 11 is 0. The predicted molar refractivity (Wildman–Crippen MR) is 80.1 cm³/mol. The molecule has 0 spiro atoms. The zero-order valence-corrected chi connectivity index (χ0v) is 12.8. The molecule has 0 aliphatic heterocycles. The van der Waals surface area contributed by atoms with Gasteiger partial charge in [0.1, 0.15) is 12.2 Å². The Kier molecular flexibility index (Phi) is 7.72. The highest BCUT2D eigenvalue weighted by atomic mass is 15.3. The SMILES string of the molecule is CCCCCCCCC(N)Cc1ncnn1C(C)C. The van der Waals surface area contributed by atoms with Crippen LogP contribution in [-0.2, 0) is 6.42 Å². The van der Waals surface area contributed by atoms with Gasteiger partial charge in [-0.2, -0.15) is 5.10 Å². The Morgan fingerprint density at radius 2 is 1.84 bits per heavy atom. The highest BCUT2D eigenvalue weighted by molar-refractivity contribution is 4.90. The summed E-state index contributed by atoms with van der Waals surface area (Å²) in [6.07, 6.45) is 11.5. The van der Waals surface area contributed by atoms with Crippen LogP contribution in [-0.4, -0.2) is 20.8 Å². The van der Waals surface area contributed by atoms with Crippen molar-refractivity contribution in [2.45, 2.75) is 84.2 Å². The molecule has 0 saturated carbocycles. The quantitative estimate of drug-likeness (QED) is 0.660. The van der Waals surface area contributed by atoms with Crippen molar-refractivity contribution in [2.75, 3.05) is 0 Å². The zero-order chi connectivity index (χ0) is 14.1. The van der Waals surface area contributed by atoms with Crippen molar-refractivity contribution in [1.29, 1.82) is 0 Å². The second-order valence-corrected chi connectivity index (χ2v) is 5.74. The minimum Gasteiger partial charge on any atom is -0.327 e. The molecule has 4 heteroatoms. The third-order valence-corrected chi connectivity index (χ3v) is 3.51. The normalized spacial score (nSPS) is 13.1. The highest BCUT2D eigenvalue weighted by Crippen LogP contribution is 2.11. The monoisotopic (exact) mass is 266 g/mol. The lowest BCUT2D eigenvalue weighted by Crippen LogP contribution is -2.25. The molecular weight excluding hydrogens is 236 g/mol. The minimum atomic E-state index is 0.216. The molecule has 110 valence electrons. The van der Waals surface area contributed by atoms with Crippen LogP contribution < -0.4 is 5.73 Å². The van der Waals surface area contributed by atoms with E-state index in [4.69, 9.17) is 5.73 Å². The lowest BCUT2D eigenvalue weighted by atomic mass is 10.0. The summed E-state index contributed by atoms with van der Waals surface area (Å²) in [6, 6.07) is 0.576. The van der Waals surface area contributed by atoms with Gasteiger partial charge in [0.15, 0.2) is 0 Å². The fraction of sp³-hybridized carbons (Fsp3) is 0.867. The predicted octanol–water partition coefficient (Wildman–Crippen LogP) is 3.48. The first-order valence-electron chi connectivity index (χ1n) is 7.79. The number of rotatable bonds is 10. The van der Waals surface area contributed by atoms with Crippen molar-refractivity contribution in [3.8, 4) is 0 Å². The summed E-state index contributed by atoms with van der Waals surface area (Å²) in [4.78, 5) is 4.32. The molecule has 0 amide bonds. The molecule has 1 aromatic heterocycles. The van der Waals surface area contributed by atoms with E-state index in [1.165, 1.54) is 38.5 Å². The summed E-state index contributed by atoms with van der Waals surface area (Å²) in [5.41, 5.74) is 6.19. The second-order valence-electron chi connectivity index (χ2n) is 5.74. The van der Waals surface area contributed by atoms with Crippen LogP contribution in [0.2, 0.25) is 0 Å². The summed E-state index contributed by atoms with van der Waals surface area (Å²) in [5, 5.41) is 4.25. The molecule has 4 nitrogen and oxygen atoms in total. The first-order chi connectivity index (χ1) is 9.15. The van der Waals surface area contributed by atoms with E-state index in [2.05, 4.69) is 30.9 Å². The number of hydrogen-bond donors (Lipinski definition) is 1. The van der Waals surface area contributed by atoms with Gasteiger partial charge in [0.05, 0.1) is 0 Å². The Balaban J connectivity index is 2.20. The van der Waals surface area contributed by atoms with E-state index in [0.717, 1.165) is 18.7 Å². The van der Waals surface area contributed by atoms with E-state index >= 15 is 0 Å². The van der Waals surface area contributed by atoms with Crippen LogP contribution in [0, 0.1) is 0 Å². The van der Waals surface area contributed by atoms with Gasteiger partial charge in [-0.25, -0.2) is 9.67 Å². The minimum absolute atomic E-state index is 0.216. The summed E-state index contributed by atoms with van der Waals surface area (Å²) in [7, 11) is 0. The van der Waals surface area contributed by atoms with Crippen LogP contribution in [0.4, 0.5) is 0 Å². The van der Waals surface area contributed by atoms with E-state index < -0.39 is 0 Å². The molecule has 19 heavy (non-hydrogen) atoms. The van der Waals surface area contributed by atoms with Crippen molar-refractivity contribution in [3.63, 3.8) is 0 Å². The molecule has 0 aromatic carbocycles. The number of nitrogens with two attached hydrogens (primary N) is 1. The largest absolute Gasteiger partial charge is 0.327 e. The first-order valence-corrected chi connectivity index (χ1v) is 7.79. The first kappa shape index (κ1) is 16.2. The van der Waals surface area contributed by atoms with Gasteiger partial charge in [0.2, 0.25) is 0 Å².